The van der Waals surface area contributed by atoms with Crippen LogP contribution in [0.25, 0.3) is 0 Å². The molecule has 4 nitrogen and oxygen atoms in total. The van der Waals surface area contributed by atoms with Crippen molar-refractivity contribution in [3.63, 3.8) is 0 Å². The summed E-state index contributed by atoms with van der Waals surface area (Å²) in [6.07, 6.45) is 8.43. The Morgan fingerprint density at radius 1 is 1.40 bits per heavy atom. The highest BCUT2D eigenvalue weighted by Crippen LogP contribution is 2.15. The van der Waals surface area contributed by atoms with E-state index in [1.54, 1.807) is 7.11 Å². The van der Waals surface area contributed by atoms with Gasteiger partial charge in [-0.2, -0.15) is 0 Å². The van der Waals surface area contributed by atoms with Gasteiger partial charge in [-0.1, -0.05) is 30.7 Å². The number of aliphatic hydroxyl groups is 1. The van der Waals surface area contributed by atoms with Gasteiger partial charge < -0.3 is 15.2 Å². The molecule has 0 fully saturated rings. The molecule has 1 heterocycles. The number of methoxy groups -OCH3 is 1. The van der Waals surface area contributed by atoms with E-state index in [1.165, 1.54) is 0 Å². The molecular formula is C16H27NO3. The summed E-state index contributed by atoms with van der Waals surface area (Å²) in [5.74, 6) is 0.0752. The molecule has 1 unspecified atom stereocenters. The molecule has 0 spiro atoms. The topological polar surface area (TPSA) is 58.6 Å². The molecule has 20 heavy (non-hydrogen) atoms. The van der Waals surface area contributed by atoms with E-state index in [0.717, 1.165) is 24.8 Å². The summed E-state index contributed by atoms with van der Waals surface area (Å²) in [4.78, 5) is 11.6. The van der Waals surface area contributed by atoms with Crippen LogP contribution in [0.1, 0.15) is 39.5 Å². The lowest BCUT2D eigenvalue weighted by atomic mass is 9.96. The molecule has 2 N–H and O–H groups in total. The van der Waals surface area contributed by atoms with E-state index in [1.807, 2.05) is 32.1 Å². The summed E-state index contributed by atoms with van der Waals surface area (Å²) in [7, 11) is 1.62. The molecule has 0 radical (unpaired) electrons. The SMILES string of the molecule is CO[C@H]1/C=C/CCCCC(=O)NC/C(C)=C\[C@@H](C)C1O. The number of rotatable bonds is 1. The van der Waals surface area contributed by atoms with Crippen LogP contribution in [0.5, 0.6) is 0 Å². The van der Waals surface area contributed by atoms with Crippen molar-refractivity contribution in [2.45, 2.75) is 51.7 Å². The van der Waals surface area contributed by atoms with Gasteiger partial charge in [0.05, 0.1) is 6.10 Å². The second-order valence-corrected chi connectivity index (χ2v) is 5.51. The van der Waals surface area contributed by atoms with Crippen molar-refractivity contribution >= 4 is 5.91 Å². The maximum atomic E-state index is 11.6. The Balaban J connectivity index is 2.78. The Kier molecular flexibility index (Phi) is 7.55. The average Bonchev–Trinajstić information content (AvgIpc) is 2.43. The highest BCUT2D eigenvalue weighted by molar-refractivity contribution is 5.76. The minimum atomic E-state index is -0.579. The first-order valence-electron chi connectivity index (χ1n) is 7.36. The highest BCUT2D eigenvalue weighted by atomic mass is 16.5. The van der Waals surface area contributed by atoms with Crippen molar-refractivity contribution in [2.75, 3.05) is 13.7 Å². The van der Waals surface area contributed by atoms with Crippen molar-refractivity contribution in [2.24, 2.45) is 5.92 Å². The fourth-order valence-corrected chi connectivity index (χ4v) is 2.34. The van der Waals surface area contributed by atoms with Crippen LogP contribution in [0.3, 0.4) is 0 Å². The van der Waals surface area contributed by atoms with Crippen LogP contribution in [0.4, 0.5) is 0 Å². The van der Waals surface area contributed by atoms with Crippen molar-refractivity contribution < 1.29 is 14.6 Å². The molecular weight excluding hydrogens is 254 g/mol. The third-order valence-corrected chi connectivity index (χ3v) is 3.61. The van der Waals surface area contributed by atoms with Gasteiger partial charge in [-0.25, -0.2) is 0 Å². The fraction of sp³-hybridized carbons (Fsp3) is 0.688. The number of hydrogen-bond acceptors (Lipinski definition) is 3. The van der Waals surface area contributed by atoms with Crippen molar-refractivity contribution in [3.05, 3.63) is 23.8 Å². The maximum absolute atomic E-state index is 11.6. The van der Waals surface area contributed by atoms with Gasteiger partial charge in [-0.3, -0.25) is 4.79 Å². The lowest BCUT2D eigenvalue weighted by Gasteiger charge is -2.23. The number of hydrogen-bond donors (Lipinski definition) is 2. The Hall–Kier alpha value is -1.13. The second-order valence-electron chi connectivity index (χ2n) is 5.51. The number of amides is 1. The summed E-state index contributed by atoms with van der Waals surface area (Å²) >= 11 is 0. The Bertz CT molecular complexity index is 363. The predicted octanol–water partition coefficient (Wildman–Crippen LogP) is 2.19. The van der Waals surface area contributed by atoms with Crippen LogP contribution < -0.4 is 5.32 Å². The minimum absolute atomic E-state index is 0.0237. The molecule has 1 aliphatic heterocycles. The molecule has 114 valence electrons. The lowest BCUT2D eigenvalue weighted by molar-refractivity contribution is -0.121. The first-order chi connectivity index (χ1) is 9.54. The molecule has 4 heteroatoms. The second kappa shape index (κ2) is 8.93. The van der Waals surface area contributed by atoms with Crippen LogP contribution in [0, 0.1) is 5.92 Å². The van der Waals surface area contributed by atoms with Gasteiger partial charge in [0.25, 0.3) is 0 Å². The minimum Gasteiger partial charge on any atom is -0.389 e. The summed E-state index contributed by atoms with van der Waals surface area (Å²) < 4.78 is 5.35. The zero-order valence-electron chi connectivity index (χ0n) is 12.8. The molecule has 1 rings (SSSR count). The summed E-state index contributed by atoms with van der Waals surface area (Å²) in [5, 5.41) is 13.2. The molecule has 1 aliphatic rings. The maximum Gasteiger partial charge on any atom is 0.220 e. The fourth-order valence-electron chi connectivity index (χ4n) is 2.34. The first-order valence-corrected chi connectivity index (χ1v) is 7.36. The largest absolute Gasteiger partial charge is 0.389 e. The molecule has 1 amide bonds. The van der Waals surface area contributed by atoms with Gasteiger partial charge >= 0.3 is 0 Å². The van der Waals surface area contributed by atoms with E-state index in [4.69, 9.17) is 4.74 Å². The summed E-state index contributed by atoms with van der Waals surface area (Å²) in [5.41, 5.74) is 1.06. The molecule has 0 saturated heterocycles. The molecule has 0 bridgehead atoms. The van der Waals surface area contributed by atoms with E-state index in [0.29, 0.717) is 13.0 Å². The normalized spacial score (nSPS) is 34.5. The molecule has 0 aromatic heterocycles. The lowest BCUT2D eigenvalue weighted by Crippen LogP contribution is -2.32. The van der Waals surface area contributed by atoms with E-state index >= 15 is 0 Å². The van der Waals surface area contributed by atoms with Crippen LogP contribution in [-0.2, 0) is 9.53 Å². The zero-order chi connectivity index (χ0) is 15.0. The molecule has 0 aromatic rings. The third kappa shape index (κ3) is 5.88. The van der Waals surface area contributed by atoms with Crippen molar-refractivity contribution in [1.82, 2.24) is 5.32 Å². The highest BCUT2D eigenvalue weighted by Gasteiger charge is 2.21. The average molecular weight is 281 g/mol. The van der Waals surface area contributed by atoms with Gasteiger partial charge in [0.15, 0.2) is 0 Å². The van der Waals surface area contributed by atoms with Crippen LogP contribution in [0.2, 0.25) is 0 Å². The number of carbonyl (C=O) groups is 1. The standard InChI is InChI=1S/C16H27NO3/c1-12-10-13(2)16(19)14(20-3)8-6-4-5-7-9-15(18)17-11-12/h6,8,10,13-14,16,19H,4-5,7,9,11H2,1-3H3,(H,17,18)/b8-6+,12-10-/t13-,14+,16?/m1/s1. The van der Waals surface area contributed by atoms with Gasteiger partial charge in [-0.15, -0.1) is 0 Å². The van der Waals surface area contributed by atoms with E-state index < -0.39 is 6.10 Å². The van der Waals surface area contributed by atoms with Gasteiger partial charge in [-0.05, 0) is 26.2 Å². The monoisotopic (exact) mass is 281 g/mol. The Labute approximate surface area is 121 Å². The Morgan fingerprint density at radius 2 is 2.15 bits per heavy atom. The number of ether oxygens (including phenoxy) is 1. The number of allylic oxidation sites excluding steroid dienone is 1. The van der Waals surface area contributed by atoms with Gasteiger partial charge in [0.2, 0.25) is 5.91 Å². The van der Waals surface area contributed by atoms with E-state index in [2.05, 4.69) is 5.32 Å². The smallest absolute Gasteiger partial charge is 0.220 e. The van der Waals surface area contributed by atoms with E-state index in [-0.39, 0.29) is 17.9 Å². The third-order valence-electron chi connectivity index (χ3n) is 3.61. The molecule has 0 saturated carbocycles. The first kappa shape index (κ1) is 16.9. The van der Waals surface area contributed by atoms with E-state index in [9.17, 15) is 9.90 Å². The van der Waals surface area contributed by atoms with Crippen molar-refractivity contribution in [1.29, 1.82) is 0 Å². The number of aliphatic hydroxyl groups excluding tert-OH is 1. The van der Waals surface area contributed by atoms with Crippen LogP contribution in [0.15, 0.2) is 23.8 Å². The summed E-state index contributed by atoms with van der Waals surface area (Å²) in [6, 6.07) is 0. The predicted molar refractivity (Wildman–Crippen MR) is 80.3 cm³/mol. The van der Waals surface area contributed by atoms with Gasteiger partial charge in [0, 0.05) is 26.0 Å². The molecule has 0 aromatic carbocycles. The van der Waals surface area contributed by atoms with Crippen molar-refractivity contribution in [3.8, 4) is 0 Å². The zero-order valence-corrected chi connectivity index (χ0v) is 12.8. The van der Waals surface area contributed by atoms with Gasteiger partial charge in [0.1, 0.15) is 6.10 Å². The van der Waals surface area contributed by atoms with Crippen LogP contribution in [-0.4, -0.2) is 36.9 Å². The summed E-state index contributed by atoms with van der Waals surface area (Å²) in [6.45, 7) is 4.47. The molecule has 0 aliphatic carbocycles. The molecule has 3 atom stereocenters. The van der Waals surface area contributed by atoms with Crippen LogP contribution >= 0.6 is 0 Å². The number of nitrogens with one attached hydrogen (secondary N) is 1. The Morgan fingerprint density at radius 3 is 2.85 bits per heavy atom. The number of carbonyl (C=O) groups excluding carboxylic acids is 1. The quantitative estimate of drug-likeness (QED) is 0.724.